The van der Waals surface area contributed by atoms with E-state index in [1.54, 1.807) is 7.11 Å². The van der Waals surface area contributed by atoms with Gasteiger partial charge in [0.15, 0.2) is 0 Å². The summed E-state index contributed by atoms with van der Waals surface area (Å²) in [6, 6.07) is 7.53. The predicted octanol–water partition coefficient (Wildman–Crippen LogP) is 1.47. The first-order valence-electron chi connectivity index (χ1n) is 6.10. The van der Waals surface area contributed by atoms with Gasteiger partial charge in [0.05, 0.1) is 6.61 Å². The van der Waals surface area contributed by atoms with Gasteiger partial charge in [0.1, 0.15) is 0 Å². The molecule has 0 saturated heterocycles. The van der Waals surface area contributed by atoms with Crippen LogP contribution < -0.4 is 5.32 Å². The molecule has 18 heavy (non-hydrogen) atoms. The lowest BCUT2D eigenvalue weighted by atomic mass is 10.1. The van der Waals surface area contributed by atoms with Gasteiger partial charge in [-0.2, -0.15) is 0 Å². The first-order valence-corrected chi connectivity index (χ1v) is 6.10. The van der Waals surface area contributed by atoms with Gasteiger partial charge in [0.2, 0.25) is 5.91 Å². The monoisotopic (exact) mass is 251 g/mol. The van der Waals surface area contributed by atoms with E-state index in [1.807, 2.05) is 31.2 Å². The molecule has 0 spiro atoms. The van der Waals surface area contributed by atoms with Gasteiger partial charge in [-0.15, -0.1) is 0 Å². The lowest BCUT2D eigenvalue weighted by Gasteiger charge is -2.10. The Morgan fingerprint density at radius 3 is 2.50 bits per heavy atom. The summed E-state index contributed by atoms with van der Waals surface area (Å²) in [4.78, 5) is 11.6. The summed E-state index contributed by atoms with van der Waals surface area (Å²) in [6.07, 6.45) is 0.475. The summed E-state index contributed by atoms with van der Waals surface area (Å²) >= 11 is 0. The summed E-state index contributed by atoms with van der Waals surface area (Å²) in [6.45, 7) is 3.14. The molecule has 1 rings (SSSR count). The Morgan fingerprint density at radius 2 is 1.94 bits per heavy atom. The number of amides is 1. The number of carbonyl (C=O) groups is 1. The van der Waals surface area contributed by atoms with Crippen molar-refractivity contribution in [2.45, 2.75) is 26.5 Å². The number of aliphatic hydroxyl groups excluding tert-OH is 1. The van der Waals surface area contributed by atoms with E-state index in [-0.39, 0.29) is 18.4 Å². The molecule has 0 bridgehead atoms. The van der Waals surface area contributed by atoms with Gasteiger partial charge in [0.25, 0.3) is 0 Å². The van der Waals surface area contributed by atoms with Crippen LogP contribution in [0.1, 0.15) is 24.5 Å². The fraction of sp³-hybridized carbons (Fsp3) is 0.500. The number of rotatable bonds is 7. The maximum absolute atomic E-state index is 11.6. The van der Waals surface area contributed by atoms with Crippen LogP contribution in [-0.2, 0) is 22.7 Å². The van der Waals surface area contributed by atoms with Crippen LogP contribution in [0.5, 0.6) is 0 Å². The van der Waals surface area contributed by atoms with Crippen molar-refractivity contribution in [3.05, 3.63) is 35.4 Å². The van der Waals surface area contributed by atoms with Crippen LogP contribution >= 0.6 is 0 Å². The molecule has 0 aliphatic rings. The van der Waals surface area contributed by atoms with Crippen LogP contribution in [0.3, 0.4) is 0 Å². The van der Waals surface area contributed by atoms with Gasteiger partial charge in [-0.1, -0.05) is 31.2 Å². The van der Waals surface area contributed by atoms with E-state index in [4.69, 9.17) is 9.84 Å². The molecule has 0 heterocycles. The Morgan fingerprint density at radius 1 is 1.33 bits per heavy atom. The van der Waals surface area contributed by atoms with Gasteiger partial charge in [-0.3, -0.25) is 4.79 Å². The smallest absolute Gasteiger partial charge is 0.220 e. The molecule has 1 amide bonds. The molecule has 0 aliphatic heterocycles. The number of hydrogen-bond donors (Lipinski definition) is 2. The van der Waals surface area contributed by atoms with Crippen LogP contribution in [0, 0.1) is 5.92 Å². The maximum atomic E-state index is 11.6. The molecule has 0 radical (unpaired) electrons. The second kappa shape index (κ2) is 7.84. The topological polar surface area (TPSA) is 58.6 Å². The van der Waals surface area contributed by atoms with Gasteiger partial charge in [0, 0.05) is 26.7 Å². The van der Waals surface area contributed by atoms with E-state index in [1.165, 1.54) is 0 Å². The molecular formula is C14H21NO3. The SMILES string of the molecule is COCC(C)CC(=O)NCc1ccc(CO)cc1. The second-order valence-corrected chi connectivity index (χ2v) is 4.52. The number of hydrogen-bond acceptors (Lipinski definition) is 3. The number of methoxy groups -OCH3 is 1. The highest BCUT2D eigenvalue weighted by Gasteiger charge is 2.08. The summed E-state index contributed by atoms with van der Waals surface area (Å²) in [5.41, 5.74) is 1.90. The minimum atomic E-state index is 0.0331. The third-order valence-electron chi connectivity index (χ3n) is 2.68. The molecular weight excluding hydrogens is 230 g/mol. The number of ether oxygens (including phenoxy) is 1. The molecule has 100 valence electrons. The third-order valence-corrected chi connectivity index (χ3v) is 2.68. The van der Waals surface area contributed by atoms with Crippen LogP contribution in [0.4, 0.5) is 0 Å². The Balaban J connectivity index is 2.33. The standard InChI is InChI=1S/C14H21NO3/c1-11(10-18-2)7-14(17)15-8-12-3-5-13(9-16)6-4-12/h3-6,11,16H,7-10H2,1-2H3,(H,15,17). The average molecular weight is 251 g/mol. The van der Waals surface area contributed by atoms with Crippen LogP contribution in [0.25, 0.3) is 0 Å². The zero-order chi connectivity index (χ0) is 13.4. The number of carbonyl (C=O) groups excluding carboxylic acids is 1. The van der Waals surface area contributed by atoms with Crippen molar-refractivity contribution < 1.29 is 14.6 Å². The molecule has 1 aromatic carbocycles. The molecule has 0 aromatic heterocycles. The lowest BCUT2D eigenvalue weighted by molar-refractivity contribution is -0.122. The van der Waals surface area contributed by atoms with E-state index in [0.29, 0.717) is 19.6 Å². The van der Waals surface area contributed by atoms with E-state index in [2.05, 4.69) is 5.32 Å². The first-order chi connectivity index (χ1) is 8.65. The zero-order valence-corrected chi connectivity index (χ0v) is 11.0. The highest BCUT2D eigenvalue weighted by Crippen LogP contribution is 2.05. The minimum Gasteiger partial charge on any atom is -0.392 e. The van der Waals surface area contributed by atoms with Gasteiger partial charge < -0.3 is 15.2 Å². The van der Waals surface area contributed by atoms with Crippen molar-refractivity contribution in [2.24, 2.45) is 5.92 Å². The number of benzene rings is 1. The molecule has 0 saturated carbocycles. The molecule has 0 aliphatic carbocycles. The van der Waals surface area contributed by atoms with Crippen molar-refractivity contribution in [2.75, 3.05) is 13.7 Å². The maximum Gasteiger partial charge on any atom is 0.220 e. The first kappa shape index (κ1) is 14.7. The third kappa shape index (κ3) is 5.29. The summed E-state index contributed by atoms with van der Waals surface area (Å²) in [5.74, 6) is 0.262. The molecule has 1 atom stereocenters. The Kier molecular flexibility index (Phi) is 6.39. The molecule has 4 nitrogen and oxygen atoms in total. The van der Waals surface area contributed by atoms with Crippen molar-refractivity contribution in [3.63, 3.8) is 0 Å². The summed E-state index contributed by atoms with van der Waals surface area (Å²) < 4.78 is 4.99. The van der Waals surface area contributed by atoms with Crippen molar-refractivity contribution in [1.82, 2.24) is 5.32 Å². The highest BCUT2D eigenvalue weighted by molar-refractivity contribution is 5.76. The summed E-state index contributed by atoms with van der Waals surface area (Å²) in [7, 11) is 1.64. The van der Waals surface area contributed by atoms with Gasteiger partial charge >= 0.3 is 0 Å². The van der Waals surface area contributed by atoms with Crippen LogP contribution in [0.2, 0.25) is 0 Å². The lowest BCUT2D eigenvalue weighted by Crippen LogP contribution is -2.25. The van der Waals surface area contributed by atoms with E-state index < -0.39 is 0 Å². The van der Waals surface area contributed by atoms with Gasteiger partial charge in [-0.05, 0) is 17.0 Å². The summed E-state index contributed by atoms with van der Waals surface area (Å²) in [5, 5.41) is 11.8. The number of aliphatic hydroxyl groups is 1. The Hall–Kier alpha value is -1.39. The Labute approximate surface area is 108 Å². The highest BCUT2D eigenvalue weighted by atomic mass is 16.5. The average Bonchev–Trinajstić information content (AvgIpc) is 2.37. The molecule has 2 N–H and O–H groups in total. The Bertz CT molecular complexity index is 362. The predicted molar refractivity (Wildman–Crippen MR) is 69.9 cm³/mol. The number of nitrogens with one attached hydrogen (secondary N) is 1. The van der Waals surface area contributed by atoms with E-state index in [9.17, 15) is 4.79 Å². The fourth-order valence-corrected chi connectivity index (χ4v) is 1.70. The quantitative estimate of drug-likeness (QED) is 0.771. The van der Waals surface area contributed by atoms with Gasteiger partial charge in [-0.25, -0.2) is 0 Å². The van der Waals surface area contributed by atoms with Crippen molar-refractivity contribution in [3.8, 4) is 0 Å². The normalized spacial score (nSPS) is 12.2. The molecule has 1 aromatic rings. The fourth-order valence-electron chi connectivity index (χ4n) is 1.70. The van der Waals surface area contributed by atoms with E-state index in [0.717, 1.165) is 11.1 Å². The molecule has 4 heteroatoms. The molecule has 0 fully saturated rings. The van der Waals surface area contributed by atoms with Crippen LogP contribution in [-0.4, -0.2) is 24.7 Å². The van der Waals surface area contributed by atoms with Crippen molar-refractivity contribution >= 4 is 5.91 Å². The zero-order valence-electron chi connectivity index (χ0n) is 11.0. The van der Waals surface area contributed by atoms with E-state index >= 15 is 0 Å². The molecule has 1 unspecified atom stereocenters. The minimum absolute atomic E-state index is 0.0331. The van der Waals surface area contributed by atoms with Crippen molar-refractivity contribution in [1.29, 1.82) is 0 Å². The van der Waals surface area contributed by atoms with Crippen LogP contribution in [0.15, 0.2) is 24.3 Å². The second-order valence-electron chi connectivity index (χ2n) is 4.52. The largest absolute Gasteiger partial charge is 0.392 e.